The number of carbonyl (C=O) groups is 1. The maximum atomic E-state index is 13.0. The van der Waals surface area contributed by atoms with E-state index in [2.05, 4.69) is 4.90 Å². The molecule has 1 aromatic rings. The molecule has 0 spiro atoms. The number of thioether (sulfide) groups is 1. The molecule has 5 nitrogen and oxygen atoms in total. The Hall–Kier alpha value is -2.39. The van der Waals surface area contributed by atoms with E-state index in [0.717, 1.165) is 17.7 Å². The van der Waals surface area contributed by atoms with E-state index in [1.165, 1.54) is 31.0 Å². The molecule has 2 N–H and O–H groups in total. The number of hydrogen-bond donors (Lipinski definition) is 2. The topological polar surface area (TPSA) is 70.0 Å². The van der Waals surface area contributed by atoms with Gasteiger partial charge in [-0.25, -0.2) is 0 Å². The minimum atomic E-state index is -4.40. The van der Waals surface area contributed by atoms with E-state index in [9.17, 15) is 28.2 Å². The number of halogens is 3. The van der Waals surface area contributed by atoms with Gasteiger partial charge in [0, 0.05) is 52.5 Å². The highest BCUT2D eigenvalue weighted by atomic mass is 32.2. The van der Waals surface area contributed by atoms with Crippen LogP contribution in [0.25, 0.3) is 0 Å². The summed E-state index contributed by atoms with van der Waals surface area (Å²) >= 11 is 1.46. The number of aliphatic hydroxyl groups excluding tert-OH is 2. The van der Waals surface area contributed by atoms with Crippen LogP contribution >= 0.6 is 11.8 Å². The molecule has 1 heterocycles. The van der Waals surface area contributed by atoms with Gasteiger partial charge in [0.1, 0.15) is 5.76 Å². The fraction of sp³-hybridized carbons (Fsp3) is 0.458. The van der Waals surface area contributed by atoms with Crippen LogP contribution in [0.5, 0.6) is 0 Å². The third-order valence-corrected chi connectivity index (χ3v) is 8.77. The van der Waals surface area contributed by atoms with Crippen LogP contribution in [0.3, 0.4) is 0 Å². The number of hydrogen-bond acceptors (Lipinski definition) is 6. The molecule has 0 amide bonds. The van der Waals surface area contributed by atoms with Gasteiger partial charge in [-0.15, -0.1) is 11.8 Å². The molecule has 4 aliphatic rings. The van der Waals surface area contributed by atoms with E-state index in [4.69, 9.17) is 4.74 Å². The lowest BCUT2D eigenvalue weighted by Gasteiger charge is -2.48. The van der Waals surface area contributed by atoms with Gasteiger partial charge in [0.05, 0.1) is 12.7 Å². The van der Waals surface area contributed by atoms with E-state index >= 15 is 0 Å². The summed E-state index contributed by atoms with van der Waals surface area (Å²) in [6.45, 7) is 0.530. The number of likely N-dealkylation sites (tertiary alicyclic amines) is 1. The second-order valence-electron chi connectivity index (χ2n) is 9.18. The molecular formula is C24H24F3NO4S. The number of alkyl halides is 3. The maximum Gasteiger partial charge on any atom is 0.416 e. The van der Waals surface area contributed by atoms with Gasteiger partial charge in [-0.1, -0.05) is 0 Å². The third kappa shape index (κ3) is 3.31. The van der Waals surface area contributed by atoms with Crippen LogP contribution in [-0.2, 0) is 15.7 Å². The van der Waals surface area contributed by atoms with Crippen LogP contribution in [-0.4, -0.2) is 52.9 Å². The van der Waals surface area contributed by atoms with Gasteiger partial charge in [-0.3, -0.25) is 4.79 Å². The number of methoxy groups -OCH3 is 1. The summed E-state index contributed by atoms with van der Waals surface area (Å²) in [6.07, 6.45) is -1.58. The fourth-order valence-corrected chi connectivity index (χ4v) is 7.58. The zero-order chi connectivity index (χ0) is 23.7. The first-order valence-electron chi connectivity index (χ1n) is 10.7. The Balaban J connectivity index is 1.62. The third-order valence-electron chi connectivity index (χ3n) is 7.41. The summed E-state index contributed by atoms with van der Waals surface area (Å²) in [5, 5.41) is 21.2. The molecule has 9 heteroatoms. The molecule has 1 fully saturated rings. The number of ketones is 1. The van der Waals surface area contributed by atoms with E-state index < -0.39 is 17.2 Å². The SMILES string of the molecule is COC1=C[C@@H]2[C@@H]3[C@H](Sc4ccc(C(F)(F)F)cc4)C4=C(C(O)=C(O)CC4)[C@@]2(CC1=O)CN3C. The van der Waals surface area contributed by atoms with Crippen molar-refractivity contribution in [3.63, 3.8) is 0 Å². The normalized spacial score (nSPS) is 32.0. The highest BCUT2D eigenvalue weighted by Gasteiger charge is 2.63. The van der Waals surface area contributed by atoms with Crippen molar-refractivity contribution in [2.24, 2.45) is 11.3 Å². The molecule has 1 saturated heterocycles. The van der Waals surface area contributed by atoms with Crippen LogP contribution in [0.15, 0.2) is 63.7 Å². The predicted molar refractivity (Wildman–Crippen MR) is 117 cm³/mol. The number of Topliss-reactive ketones (excluding diaryl/α,β-unsaturated/α-hetero) is 1. The van der Waals surface area contributed by atoms with Crippen molar-refractivity contribution < 1.29 is 32.9 Å². The molecule has 3 aliphatic carbocycles. The van der Waals surface area contributed by atoms with Crippen LogP contribution in [0.2, 0.25) is 0 Å². The molecule has 2 bridgehead atoms. The number of nitrogens with zero attached hydrogens (tertiary/aromatic N) is 1. The largest absolute Gasteiger partial charge is 0.508 e. The van der Waals surface area contributed by atoms with Crippen molar-refractivity contribution in [3.05, 3.63) is 64.3 Å². The highest BCUT2D eigenvalue weighted by molar-refractivity contribution is 8.00. The number of allylic oxidation sites excluding steroid dienone is 3. The van der Waals surface area contributed by atoms with Crippen molar-refractivity contribution >= 4 is 17.5 Å². The Morgan fingerprint density at radius 3 is 2.52 bits per heavy atom. The maximum absolute atomic E-state index is 13.0. The summed E-state index contributed by atoms with van der Waals surface area (Å²) in [7, 11) is 3.42. The summed E-state index contributed by atoms with van der Waals surface area (Å²) < 4.78 is 44.4. The molecule has 1 aliphatic heterocycles. The second-order valence-corrected chi connectivity index (χ2v) is 10.4. The van der Waals surface area contributed by atoms with Crippen molar-refractivity contribution in [1.29, 1.82) is 0 Å². The van der Waals surface area contributed by atoms with Gasteiger partial charge in [-0.2, -0.15) is 13.2 Å². The quantitative estimate of drug-likeness (QED) is 0.635. The Morgan fingerprint density at radius 1 is 1.18 bits per heavy atom. The lowest BCUT2D eigenvalue weighted by molar-refractivity contribution is -0.137. The van der Waals surface area contributed by atoms with Crippen LogP contribution in [0.4, 0.5) is 13.2 Å². The smallest absolute Gasteiger partial charge is 0.416 e. The minimum Gasteiger partial charge on any atom is -0.508 e. The summed E-state index contributed by atoms with van der Waals surface area (Å²) in [5.74, 6) is -0.228. The average Bonchev–Trinajstić information content (AvgIpc) is 2.98. The van der Waals surface area contributed by atoms with E-state index in [1.807, 2.05) is 13.1 Å². The van der Waals surface area contributed by atoms with Gasteiger partial charge in [0.2, 0.25) is 0 Å². The van der Waals surface area contributed by atoms with Gasteiger partial charge in [0.15, 0.2) is 17.3 Å². The Labute approximate surface area is 193 Å². The molecule has 1 aromatic carbocycles. The zero-order valence-electron chi connectivity index (χ0n) is 18.1. The average molecular weight is 480 g/mol. The molecule has 4 atom stereocenters. The first kappa shape index (κ1) is 22.4. The van der Waals surface area contributed by atoms with Gasteiger partial charge < -0.3 is 19.8 Å². The standard InChI is InChI=1S/C24H24F3NO4S/c1-28-11-23-10-17(30)18(32-2)9-15(23)20(28)22(14-7-8-16(29)21(31)19(14)23)33-13-5-3-12(4-6-13)24(25,26)27/h3-6,9,15,20,22,29,31H,7-8,10-11H2,1-2H3/t15-,20-,22-,23+/m1/s1. The van der Waals surface area contributed by atoms with E-state index in [-0.39, 0.29) is 40.9 Å². The first-order valence-corrected chi connectivity index (χ1v) is 11.6. The molecule has 0 aromatic heterocycles. The number of carbonyl (C=O) groups excluding carboxylic acids is 1. The Bertz CT molecular complexity index is 1110. The minimum absolute atomic E-state index is 0.0395. The zero-order valence-corrected chi connectivity index (χ0v) is 19.0. The van der Waals surface area contributed by atoms with Gasteiger partial charge >= 0.3 is 6.18 Å². The Kier molecular flexibility index (Phi) is 5.13. The number of rotatable bonds is 3. The van der Waals surface area contributed by atoms with Crippen LogP contribution in [0.1, 0.15) is 24.8 Å². The highest BCUT2D eigenvalue weighted by Crippen LogP contribution is 2.62. The molecule has 0 unspecified atom stereocenters. The number of benzene rings is 1. The number of ether oxygens (including phenoxy) is 1. The van der Waals surface area contributed by atoms with Gasteiger partial charge in [-0.05, 0) is 49.4 Å². The monoisotopic (exact) mass is 479 g/mol. The van der Waals surface area contributed by atoms with Crippen LogP contribution in [0, 0.1) is 11.3 Å². The molecular weight excluding hydrogens is 455 g/mol. The van der Waals surface area contributed by atoms with Crippen molar-refractivity contribution in [3.8, 4) is 0 Å². The fourth-order valence-electron chi connectivity index (χ4n) is 6.10. The van der Waals surface area contributed by atoms with Crippen LogP contribution < -0.4 is 0 Å². The summed E-state index contributed by atoms with van der Waals surface area (Å²) in [5.41, 5.74) is 0.224. The first-order chi connectivity index (χ1) is 15.6. The van der Waals surface area contributed by atoms with E-state index in [1.54, 1.807) is 0 Å². The molecule has 176 valence electrons. The second kappa shape index (κ2) is 7.56. The van der Waals surface area contributed by atoms with Crippen molar-refractivity contribution in [1.82, 2.24) is 4.90 Å². The lowest BCUT2D eigenvalue weighted by atomic mass is 9.57. The van der Waals surface area contributed by atoms with Gasteiger partial charge in [0.25, 0.3) is 0 Å². The molecule has 33 heavy (non-hydrogen) atoms. The van der Waals surface area contributed by atoms with E-state index in [0.29, 0.717) is 35.6 Å². The summed E-state index contributed by atoms with van der Waals surface area (Å²) in [6, 6.07) is 5.07. The number of aliphatic hydroxyl groups is 2. The molecule has 0 saturated carbocycles. The van der Waals surface area contributed by atoms with Crippen molar-refractivity contribution in [2.75, 3.05) is 20.7 Å². The van der Waals surface area contributed by atoms with Crippen molar-refractivity contribution in [2.45, 2.75) is 41.6 Å². The summed E-state index contributed by atoms with van der Waals surface area (Å²) in [4.78, 5) is 15.7. The molecule has 5 rings (SSSR count). The Morgan fingerprint density at radius 2 is 1.88 bits per heavy atom. The lowest BCUT2D eigenvalue weighted by Crippen LogP contribution is -2.49. The molecule has 0 radical (unpaired) electrons. The predicted octanol–water partition coefficient (Wildman–Crippen LogP) is 5.02.